The van der Waals surface area contributed by atoms with Crippen LogP contribution in [0.1, 0.15) is 16.7 Å². The summed E-state index contributed by atoms with van der Waals surface area (Å²) >= 11 is 5.06. The van der Waals surface area contributed by atoms with Crippen molar-refractivity contribution in [3.8, 4) is 17.2 Å². The number of aryl methyl sites for hydroxylation is 2. The van der Waals surface area contributed by atoms with Crippen LogP contribution >= 0.6 is 12.2 Å². The molecular formula is C16H17NO2S. The van der Waals surface area contributed by atoms with Crippen LogP contribution < -0.4 is 15.2 Å². The highest BCUT2D eigenvalue weighted by molar-refractivity contribution is 7.80. The number of rotatable bonds is 4. The van der Waals surface area contributed by atoms with Gasteiger partial charge >= 0.3 is 0 Å². The van der Waals surface area contributed by atoms with Gasteiger partial charge < -0.3 is 15.2 Å². The van der Waals surface area contributed by atoms with E-state index in [1.54, 1.807) is 13.2 Å². The van der Waals surface area contributed by atoms with Gasteiger partial charge in [0.25, 0.3) is 0 Å². The van der Waals surface area contributed by atoms with Crippen LogP contribution in [-0.4, -0.2) is 12.1 Å². The van der Waals surface area contributed by atoms with E-state index in [2.05, 4.69) is 0 Å². The minimum atomic E-state index is 0.299. The zero-order valence-corrected chi connectivity index (χ0v) is 12.6. The summed E-state index contributed by atoms with van der Waals surface area (Å²) in [4.78, 5) is 0.299. The van der Waals surface area contributed by atoms with Crippen molar-refractivity contribution >= 4 is 17.2 Å². The molecule has 0 aromatic heterocycles. The molecule has 0 radical (unpaired) electrons. The Morgan fingerprint density at radius 2 is 1.80 bits per heavy atom. The van der Waals surface area contributed by atoms with Crippen molar-refractivity contribution in [1.82, 2.24) is 0 Å². The van der Waals surface area contributed by atoms with E-state index < -0.39 is 0 Å². The molecule has 2 aromatic rings. The van der Waals surface area contributed by atoms with E-state index in [-0.39, 0.29) is 0 Å². The van der Waals surface area contributed by atoms with Crippen LogP contribution in [0, 0.1) is 13.8 Å². The molecule has 2 aromatic carbocycles. The van der Waals surface area contributed by atoms with Crippen LogP contribution in [0.15, 0.2) is 36.4 Å². The van der Waals surface area contributed by atoms with Crippen LogP contribution in [0.25, 0.3) is 0 Å². The van der Waals surface area contributed by atoms with Crippen molar-refractivity contribution < 1.29 is 9.47 Å². The summed E-state index contributed by atoms with van der Waals surface area (Å²) in [5, 5.41) is 0. The number of hydrogen-bond donors (Lipinski definition) is 1. The summed E-state index contributed by atoms with van der Waals surface area (Å²) in [7, 11) is 1.61. The summed E-state index contributed by atoms with van der Waals surface area (Å²) in [6.45, 7) is 4.02. The molecule has 0 saturated heterocycles. The van der Waals surface area contributed by atoms with E-state index in [0.717, 1.165) is 16.9 Å². The molecule has 3 nitrogen and oxygen atoms in total. The predicted molar refractivity (Wildman–Crippen MR) is 84.9 cm³/mol. The first-order valence-corrected chi connectivity index (χ1v) is 6.65. The second kappa shape index (κ2) is 5.92. The molecular weight excluding hydrogens is 270 g/mol. The number of benzene rings is 2. The number of thiocarbonyl (C=S) groups is 1. The van der Waals surface area contributed by atoms with Gasteiger partial charge in [-0.2, -0.15) is 0 Å². The Hall–Kier alpha value is -2.07. The van der Waals surface area contributed by atoms with Gasteiger partial charge in [-0.15, -0.1) is 0 Å². The van der Waals surface area contributed by atoms with Crippen molar-refractivity contribution in [1.29, 1.82) is 0 Å². The van der Waals surface area contributed by atoms with Gasteiger partial charge in [-0.25, -0.2) is 0 Å². The molecule has 2 rings (SSSR count). The lowest BCUT2D eigenvalue weighted by atomic mass is 10.1. The molecule has 0 bridgehead atoms. The topological polar surface area (TPSA) is 44.5 Å². The first-order valence-electron chi connectivity index (χ1n) is 6.24. The molecule has 0 spiro atoms. The molecule has 0 saturated carbocycles. The van der Waals surface area contributed by atoms with Gasteiger partial charge in [-0.3, -0.25) is 0 Å². The Morgan fingerprint density at radius 1 is 1.05 bits per heavy atom. The summed E-state index contributed by atoms with van der Waals surface area (Å²) in [5.41, 5.74) is 8.61. The molecule has 0 atom stereocenters. The maximum absolute atomic E-state index is 5.98. The molecule has 0 amide bonds. The second-order valence-electron chi connectivity index (χ2n) is 4.60. The third-order valence-corrected chi connectivity index (χ3v) is 3.24. The normalized spacial score (nSPS) is 10.2. The van der Waals surface area contributed by atoms with Crippen LogP contribution in [0.3, 0.4) is 0 Å². The largest absolute Gasteiger partial charge is 0.497 e. The van der Waals surface area contributed by atoms with Gasteiger partial charge in [0.1, 0.15) is 22.2 Å². The third-order valence-electron chi connectivity index (χ3n) is 3.02. The molecule has 4 heteroatoms. The van der Waals surface area contributed by atoms with Crippen LogP contribution in [-0.2, 0) is 0 Å². The van der Waals surface area contributed by atoms with Gasteiger partial charge in [-0.1, -0.05) is 24.4 Å². The van der Waals surface area contributed by atoms with Crippen molar-refractivity contribution in [2.24, 2.45) is 5.73 Å². The number of methoxy groups -OCH3 is 1. The number of nitrogens with two attached hydrogens (primary N) is 1. The fraction of sp³-hybridized carbons (Fsp3) is 0.188. The fourth-order valence-electron chi connectivity index (χ4n) is 1.85. The maximum Gasteiger partial charge on any atom is 0.141 e. The highest BCUT2D eigenvalue weighted by atomic mass is 32.1. The average Bonchev–Trinajstić information content (AvgIpc) is 2.42. The Kier molecular flexibility index (Phi) is 4.25. The Labute approximate surface area is 124 Å². The first kappa shape index (κ1) is 14.3. The molecule has 0 aliphatic heterocycles. The molecule has 0 aliphatic carbocycles. The first-order chi connectivity index (χ1) is 9.51. The standard InChI is InChI=1S/C16H17NO2S/c1-10-4-5-11(2)14(8-10)19-15-9-12(18-3)6-7-13(15)16(17)20/h4-9H,1-3H3,(H2,17,20). The number of ether oxygens (including phenoxy) is 2. The van der Waals surface area contributed by atoms with Gasteiger partial charge in [0.05, 0.1) is 12.7 Å². The van der Waals surface area contributed by atoms with Gasteiger partial charge in [-0.05, 0) is 43.2 Å². The van der Waals surface area contributed by atoms with Crippen molar-refractivity contribution in [2.75, 3.05) is 7.11 Å². The molecule has 20 heavy (non-hydrogen) atoms. The minimum Gasteiger partial charge on any atom is -0.497 e. The van der Waals surface area contributed by atoms with Crippen LogP contribution in [0.5, 0.6) is 17.2 Å². The summed E-state index contributed by atoms with van der Waals surface area (Å²) in [6, 6.07) is 11.5. The Balaban J connectivity index is 2.45. The van der Waals surface area contributed by atoms with E-state index >= 15 is 0 Å². The summed E-state index contributed by atoms with van der Waals surface area (Å²) < 4.78 is 11.2. The SMILES string of the molecule is COc1ccc(C(N)=S)c(Oc2cc(C)ccc2C)c1. The minimum absolute atomic E-state index is 0.299. The lowest BCUT2D eigenvalue weighted by Crippen LogP contribution is -2.11. The maximum atomic E-state index is 5.98. The predicted octanol–water partition coefficient (Wildman–Crippen LogP) is 3.74. The monoisotopic (exact) mass is 287 g/mol. The molecule has 2 N–H and O–H groups in total. The molecule has 104 valence electrons. The van der Waals surface area contributed by atoms with Crippen LogP contribution in [0.2, 0.25) is 0 Å². The fourth-order valence-corrected chi connectivity index (χ4v) is 2.02. The lowest BCUT2D eigenvalue weighted by molar-refractivity contribution is 0.408. The molecule has 0 heterocycles. The average molecular weight is 287 g/mol. The lowest BCUT2D eigenvalue weighted by Gasteiger charge is -2.14. The van der Waals surface area contributed by atoms with Gasteiger partial charge in [0.2, 0.25) is 0 Å². The zero-order valence-electron chi connectivity index (χ0n) is 11.8. The van der Waals surface area contributed by atoms with Gasteiger partial charge in [0, 0.05) is 6.07 Å². The Morgan fingerprint density at radius 3 is 2.45 bits per heavy atom. The quantitative estimate of drug-likeness (QED) is 0.870. The van der Waals surface area contributed by atoms with Crippen molar-refractivity contribution in [2.45, 2.75) is 13.8 Å². The highest BCUT2D eigenvalue weighted by Gasteiger charge is 2.11. The highest BCUT2D eigenvalue weighted by Crippen LogP contribution is 2.31. The van der Waals surface area contributed by atoms with Crippen LogP contribution in [0.4, 0.5) is 0 Å². The molecule has 0 unspecified atom stereocenters. The molecule has 0 fully saturated rings. The van der Waals surface area contributed by atoms with E-state index in [1.807, 2.05) is 44.2 Å². The van der Waals surface area contributed by atoms with Crippen molar-refractivity contribution in [3.05, 3.63) is 53.1 Å². The van der Waals surface area contributed by atoms with E-state index in [1.165, 1.54) is 0 Å². The molecule has 0 aliphatic rings. The van der Waals surface area contributed by atoms with Crippen molar-refractivity contribution in [3.63, 3.8) is 0 Å². The van der Waals surface area contributed by atoms with Gasteiger partial charge in [0.15, 0.2) is 0 Å². The summed E-state index contributed by atoms with van der Waals surface area (Å²) in [6.07, 6.45) is 0. The summed E-state index contributed by atoms with van der Waals surface area (Å²) in [5.74, 6) is 2.09. The Bertz CT molecular complexity index is 653. The smallest absolute Gasteiger partial charge is 0.141 e. The van der Waals surface area contributed by atoms with E-state index in [4.69, 9.17) is 27.4 Å². The third kappa shape index (κ3) is 3.08. The van der Waals surface area contributed by atoms with E-state index in [9.17, 15) is 0 Å². The zero-order chi connectivity index (χ0) is 14.7. The number of hydrogen-bond acceptors (Lipinski definition) is 3. The van der Waals surface area contributed by atoms with E-state index in [0.29, 0.717) is 22.1 Å². The second-order valence-corrected chi connectivity index (χ2v) is 5.04.